The Morgan fingerprint density at radius 1 is 1.32 bits per heavy atom. The number of aliphatic hydroxyl groups is 1. The van der Waals surface area contributed by atoms with Gasteiger partial charge in [0.1, 0.15) is 0 Å². The number of aliphatic hydroxyl groups excluding tert-OH is 1. The van der Waals surface area contributed by atoms with Crippen LogP contribution >= 0.6 is 0 Å². The predicted octanol–water partition coefficient (Wildman–Crippen LogP) is 1.09. The van der Waals surface area contributed by atoms with Crippen LogP contribution < -0.4 is 0 Å². The first-order chi connectivity index (χ1) is 9.09. The monoisotopic (exact) mass is 280 g/mol. The van der Waals surface area contributed by atoms with Gasteiger partial charge >= 0.3 is 0 Å². The van der Waals surface area contributed by atoms with Crippen molar-refractivity contribution in [1.82, 2.24) is 4.31 Å². The van der Waals surface area contributed by atoms with Crippen molar-refractivity contribution >= 4 is 10.0 Å². The lowest BCUT2D eigenvalue weighted by molar-refractivity contribution is 0.178. The average Bonchev–Trinajstić information content (AvgIpc) is 2.36. The van der Waals surface area contributed by atoms with Crippen molar-refractivity contribution in [2.75, 3.05) is 13.2 Å². The number of sulfonamides is 1. The molecule has 0 spiro atoms. The van der Waals surface area contributed by atoms with Gasteiger partial charge in [-0.15, -0.1) is 0 Å². The van der Waals surface area contributed by atoms with Gasteiger partial charge in [0.05, 0.1) is 23.1 Å². The molecule has 1 saturated carbocycles. The van der Waals surface area contributed by atoms with E-state index in [9.17, 15) is 8.42 Å². The second kappa shape index (κ2) is 5.70. The molecule has 0 amide bonds. The zero-order valence-corrected chi connectivity index (χ0v) is 11.3. The highest BCUT2D eigenvalue weighted by atomic mass is 32.2. The van der Waals surface area contributed by atoms with Crippen LogP contribution in [0, 0.1) is 11.3 Å². The normalized spacial score (nSPS) is 16.1. The maximum atomic E-state index is 12.5. The van der Waals surface area contributed by atoms with Gasteiger partial charge in [0, 0.05) is 12.6 Å². The lowest BCUT2D eigenvalue weighted by atomic mass is 9.93. The van der Waals surface area contributed by atoms with Crippen molar-refractivity contribution in [1.29, 1.82) is 5.26 Å². The Hall–Kier alpha value is -1.42. The zero-order chi connectivity index (χ0) is 13.9. The molecule has 19 heavy (non-hydrogen) atoms. The summed E-state index contributed by atoms with van der Waals surface area (Å²) in [6.45, 7) is -0.0704. The highest BCUT2D eigenvalue weighted by Gasteiger charge is 2.34. The molecule has 0 radical (unpaired) electrons. The SMILES string of the molecule is N#Cc1ccc(S(=O)(=O)N(CCO)C2CCC2)cc1. The molecule has 1 aromatic carbocycles. The summed E-state index contributed by atoms with van der Waals surface area (Å²) in [4.78, 5) is 0.173. The first-order valence-corrected chi connectivity index (χ1v) is 7.66. The Labute approximate surface area is 113 Å². The molecule has 0 atom stereocenters. The van der Waals surface area contributed by atoms with E-state index < -0.39 is 10.0 Å². The molecule has 0 unspecified atom stereocenters. The number of rotatable bonds is 5. The second-order valence-corrected chi connectivity index (χ2v) is 6.45. The van der Waals surface area contributed by atoms with Crippen LogP contribution in [-0.4, -0.2) is 37.0 Å². The molecule has 6 heteroatoms. The van der Waals surface area contributed by atoms with Crippen LogP contribution in [0.5, 0.6) is 0 Å². The van der Waals surface area contributed by atoms with Crippen LogP contribution in [0.15, 0.2) is 29.2 Å². The molecule has 102 valence electrons. The molecule has 0 aromatic heterocycles. The van der Waals surface area contributed by atoms with Gasteiger partial charge in [-0.05, 0) is 37.1 Å². The summed E-state index contributed by atoms with van der Waals surface area (Å²) in [6.07, 6.45) is 2.71. The highest BCUT2D eigenvalue weighted by Crippen LogP contribution is 2.29. The van der Waals surface area contributed by atoms with Gasteiger partial charge < -0.3 is 5.11 Å². The molecule has 1 aromatic rings. The van der Waals surface area contributed by atoms with E-state index >= 15 is 0 Å². The van der Waals surface area contributed by atoms with Gasteiger partial charge in [-0.1, -0.05) is 6.42 Å². The molecule has 1 N–H and O–H groups in total. The fourth-order valence-electron chi connectivity index (χ4n) is 2.11. The maximum Gasteiger partial charge on any atom is 0.243 e. The lowest BCUT2D eigenvalue weighted by Gasteiger charge is -2.36. The number of benzene rings is 1. The van der Waals surface area contributed by atoms with Gasteiger partial charge in [0.2, 0.25) is 10.0 Å². The molecule has 0 heterocycles. The second-order valence-electron chi connectivity index (χ2n) is 4.56. The minimum atomic E-state index is -3.58. The van der Waals surface area contributed by atoms with E-state index in [4.69, 9.17) is 10.4 Å². The third kappa shape index (κ3) is 2.78. The summed E-state index contributed by atoms with van der Waals surface area (Å²) in [5.41, 5.74) is 0.427. The largest absolute Gasteiger partial charge is 0.395 e. The van der Waals surface area contributed by atoms with Gasteiger partial charge in [-0.3, -0.25) is 0 Å². The summed E-state index contributed by atoms with van der Waals surface area (Å²) in [5, 5.41) is 17.8. The van der Waals surface area contributed by atoms with E-state index in [-0.39, 0.29) is 24.1 Å². The average molecular weight is 280 g/mol. The van der Waals surface area contributed by atoms with Gasteiger partial charge in [-0.2, -0.15) is 9.57 Å². The van der Waals surface area contributed by atoms with Crippen LogP contribution in [0.25, 0.3) is 0 Å². The van der Waals surface area contributed by atoms with Gasteiger partial charge in [0.25, 0.3) is 0 Å². The summed E-state index contributed by atoms with van der Waals surface area (Å²) in [7, 11) is -3.58. The van der Waals surface area contributed by atoms with E-state index in [1.807, 2.05) is 6.07 Å². The maximum absolute atomic E-state index is 12.5. The quantitative estimate of drug-likeness (QED) is 0.875. The van der Waals surface area contributed by atoms with Crippen molar-refractivity contribution < 1.29 is 13.5 Å². The smallest absolute Gasteiger partial charge is 0.243 e. The minimum Gasteiger partial charge on any atom is -0.395 e. The fraction of sp³-hybridized carbons (Fsp3) is 0.462. The Bertz CT molecular complexity index is 571. The van der Waals surface area contributed by atoms with Crippen molar-refractivity contribution in [2.45, 2.75) is 30.2 Å². The number of nitriles is 1. The van der Waals surface area contributed by atoms with Crippen molar-refractivity contribution in [2.24, 2.45) is 0 Å². The molecule has 1 fully saturated rings. The Kier molecular flexibility index (Phi) is 4.20. The van der Waals surface area contributed by atoms with E-state index in [0.717, 1.165) is 19.3 Å². The molecule has 2 rings (SSSR count). The molecular formula is C13H16N2O3S. The summed E-state index contributed by atoms with van der Waals surface area (Å²) < 4.78 is 26.3. The van der Waals surface area contributed by atoms with Gasteiger partial charge in [0.15, 0.2) is 0 Å². The summed E-state index contributed by atoms with van der Waals surface area (Å²) in [6, 6.07) is 7.81. The third-order valence-electron chi connectivity index (χ3n) is 3.39. The van der Waals surface area contributed by atoms with E-state index in [0.29, 0.717) is 5.56 Å². The first-order valence-electron chi connectivity index (χ1n) is 6.22. The fourth-order valence-corrected chi connectivity index (χ4v) is 3.79. The lowest BCUT2D eigenvalue weighted by Crippen LogP contribution is -2.45. The Morgan fingerprint density at radius 2 is 1.95 bits per heavy atom. The van der Waals surface area contributed by atoms with Crippen LogP contribution in [0.1, 0.15) is 24.8 Å². The van der Waals surface area contributed by atoms with E-state index in [1.165, 1.54) is 28.6 Å². The topological polar surface area (TPSA) is 81.4 Å². The molecule has 0 bridgehead atoms. The number of hydrogen-bond acceptors (Lipinski definition) is 4. The Morgan fingerprint density at radius 3 is 2.37 bits per heavy atom. The third-order valence-corrected chi connectivity index (χ3v) is 5.36. The van der Waals surface area contributed by atoms with Crippen molar-refractivity contribution in [3.63, 3.8) is 0 Å². The minimum absolute atomic E-state index is 0.00667. The van der Waals surface area contributed by atoms with Crippen LogP contribution in [0.4, 0.5) is 0 Å². The molecular weight excluding hydrogens is 264 g/mol. The molecule has 0 aliphatic heterocycles. The highest BCUT2D eigenvalue weighted by molar-refractivity contribution is 7.89. The first kappa shape index (κ1) is 14.0. The van der Waals surface area contributed by atoms with Crippen LogP contribution in [0.3, 0.4) is 0 Å². The van der Waals surface area contributed by atoms with Crippen molar-refractivity contribution in [3.8, 4) is 6.07 Å². The number of hydrogen-bond donors (Lipinski definition) is 1. The van der Waals surface area contributed by atoms with Crippen LogP contribution in [-0.2, 0) is 10.0 Å². The molecule has 5 nitrogen and oxygen atoms in total. The van der Waals surface area contributed by atoms with Crippen molar-refractivity contribution in [3.05, 3.63) is 29.8 Å². The predicted molar refractivity (Wildman–Crippen MR) is 69.8 cm³/mol. The molecule has 0 saturated heterocycles. The molecule has 1 aliphatic carbocycles. The van der Waals surface area contributed by atoms with E-state index in [1.54, 1.807) is 0 Å². The standard InChI is InChI=1S/C13H16N2O3S/c14-10-11-4-6-13(7-5-11)19(17,18)15(8-9-16)12-2-1-3-12/h4-7,12,16H,1-3,8-9H2. The number of nitrogens with zero attached hydrogens (tertiary/aromatic N) is 2. The Balaban J connectivity index is 2.30. The zero-order valence-electron chi connectivity index (χ0n) is 10.5. The van der Waals surface area contributed by atoms with Gasteiger partial charge in [-0.25, -0.2) is 8.42 Å². The summed E-state index contributed by atoms with van der Waals surface area (Å²) >= 11 is 0. The molecule has 1 aliphatic rings. The summed E-state index contributed by atoms with van der Waals surface area (Å²) in [5.74, 6) is 0. The van der Waals surface area contributed by atoms with E-state index in [2.05, 4.69) is 0 Å². The van der Waals surface area contributed by atoms with Crippen LogP contribution in [0.2, 0.25) is 0 Å².